The van der Waals surface area contributed by atoms with E-state index in [-0.39, 0.29) is 11.8 Å². The van der Waals surface area contributed by atoms with Gasteiger partial charge in [0.05, 0.1) is 30.7 Å². The maximum Gasteiger partial charge on any atom is 0.224 e. The first-order valence-corrected chi connectivity index (χ1v) is 9.50. The smallest absolute Gasteiger partial charge is 0.224 e. The van der Waals surface area contributed by atoms with E-state index in [1.807, 2.05) is 35.2 Å². The Balaban J connectivity index is 1.42. The molecular weight excluding hydrogens is 356 g/mol. The number of H-pyrrole nitrogens is 1. The molecule has 8 nitrogen and oxygen atoms in total. The van der Waals surface area contributed by atoms with Crippen LogP contribution in [0.25, 0.3) is 11.0 Å². The average molecular weight is 380 g/mol. The normalized spacial score (nSPS) is 16.6. The number of likely N-dealkylation sites (tertiary alicyclic amines) is 1. The second-order valence-corrected chi connectivity index (χ2v) is 6.95. The van der Waals surface area contributed by atoms with Crippen molar-refractivity contribution in [3.63, 3.8) is 0 Å². The molecule has 3 aromatic heterocycles. The summed E-state index contributed by atoms with van der Waals surface area (Å²) in [4.78, 5) is 23.1. The third kappa shape index (κ3) is 3.96. The van der Waals surface area contributed by atoms with Crippen LogP contribution in [0.2, 0.25) is 0 Å². The molecule has 146 valence electrons. The number of amides is 1. The highest BCUT2D eigenvalue weighted by Gasteiger charge is 2.28. The van der Waals surface area contributed by atoms with E-state index < -0.39 is 0 Å². The number of anilines is 1. The zero-order valence-electron chi connectivity index (χ0n) is 15.9. The number of nitrogens with one attached hydrogen (secondary N) is 2. The van der Waals surface area contributed by atoms with E-state index in [0.717, 1.165) is 41.2 Å². The van der Waals surface area contributed by atoms with Gasteiger partial charge in [-0.3, -0.25) is 14.9 Å². The number of rotatable bonds is 7. The molecule has 1 amide bonds. The van der Waals surface area contributed by atoms with Gasteiger partial charge in [0.25, 0.3) is 0 Å². The molecule has 1 aliphatic rings. The maximum absolute atomic E-state index is 12.2. The van der Waals surface area contributed by atoms with E-state index in [1.54, 1.807) is 13.3 Å². The summed E-state index contributed by atoms with van der Waals surface area (Å²) in [5.74, 6) is 1.17. The Hall–Kier alpha value is -3.00. The lowest BCUT2D eigenvalue weighted by Gasteiger charge is -2.16. The standard InChI is InChI=1S/C20H24N6O2/c1-28-11-8-18(27)26-10-7-14(13-26)17-6-5-16-19(24-25-20(16)23-17)22-12-15-4-2-3-9-21-15/h2-6,9,14H,7-8,10-13H2,1H3,(H2,22,23,24,25)/t14-/m1/s1. The van der Waals surface area contributed by atoms with Crippen LogP contribution in [0.5, 0.6) is 0 Å². The van der Waals surface area contributed by atoms with Crippen LogP contribution in [0, 0.1) is 0 Å². The molecule has 3 aromatic rings. The first kappa shape index (κ1) is 18.4. The summed E-state index contributed by atoms with van der Waals surface area (Å²) < 4.78 is 5.00. The molecular formula is C20H24N6O2. The van der Waals surface area contributed by atoms with Gasteiger partial charge in [-0.15, -0.1) is 0 Å². The van der Waals surface area contributed by atoms with Gasteiger partial charge in [-0.2, -0.15) is 5.10 Å². The lowest BCUT2D eigenvalue weighted by Crippen LogP contribution is -2.29. The van der Waals surface area contributed by atoms with Crippen molar-refractivity contribution in [3.8, 4) is 0 Å². The van der Waals surface area contributed by atoms with Crippen LogP contribution in [0.4, 0.5) is 5.82 Å². The Bertz CT molecular complexity index is 942. The van der Waals surface area contributed by atoms with Crippen molar-refractivity contribution in [2.45, 2.75) is 25.3 Å². The fourth-order valence-corrected chi connectivity index (χ4v) is 3.53. The SMILES string of the molecule is COCCC(=O)N1CC[C@@H](c2ccc3c(NCc4ccccn4)n[nH]c3n2)C1. The number of aromatic nitrogens is 4. The average Bonchev–Trinajstić information content (AvgIpc) is 3.38. The van der Waals surface area contributed by atoms with Gasteiger partial charge >= 0.3 is 0 Å². The summed E-state index contributed by atoms with van der Waals surface area (Å²) in [7, 11) is 1.61. The number of aromatic amines is 1. The minimum absolute atomic E-state index is 0.146. The molecule has 4 heterocycles. The fourth-order valence-electron chi connectivity index (χ4n) is 3.53. The summed E-state index contributed by atoms with van der Waals surface area (Å²) in [6.45, 7) is 2.54. The van der Waals surface area contributed by atoms with Crippen LogP contribution < -0.4 is 5.32 Å². The number of pyridine rings is 2. The molecule has 0 bridgehead atoms. The minimum atomic E-state index is 0.146. The van der Waals surface area contributed by atoms with E-state index >= 15 is 0 Å². The summed E-state index contributed by atoms with van der Waals surface area (Å²) in [5, 5.41) is 11.6. The van der Waals surface area contributed by atoms with Gasteiger partial charge in [0.2, 0.25) is 5.91 Å². The molecule has 28 heavy (non-hydrogen) atoms. The van der Waals surface area contributed by atoms with Gasteiger partial charge in [-0.25, -0.2) is 4.98 Å². The molecule has 1 saturated heterocycles. The lowest BCUT2D eigenvalue weighted by molar-refractivity contribution is -0.131. The van der Waals surface area contributed by atoms with Crippen molar-refractivity contribution < 1.29 is 9.53 Å². The van der Waals surface area contributed by atoms with Crippen molar-refractivity contribution in [1.29, 1.82) is 0 Å². The van der Waals surface area contributed by atoms with E-state index in [4.69, 9.17) is 9.72 Å². The Morgan fingerprint density at radius 3 is 3.11 bits per heavy atom. The van der Waals surface area contributed by atoms with E-state index in [0.29, 0.717) is 26.1 Å². The van der Waals surface area contributed by atoms with Gasteiger partial charge in [-0.1, -0.05) is 6.07 Å². The molecule has 0 saturated carbocycles. The van der Waals surface area contributed by atoms with Crippen LogP contribution in [0.3, 0.4) is 0 Å². The van der Waals surface area contributed by atoms with Crippen molar-refractivity contribution in [1.82, 2.24) is 25.1 Å². The Morgan fingerprint density at radius 2 is 2.29 bits per heavy atom. The summed E-state index contributed by atoms with van der Waals surface area (Å²) in [5.41, 5.74) is 2.70. The van der Waals surface area contributed by atoms with Crippen molar-refractivity contribution in [2.75, 3.05) is 32.1 Å². The first-order chi connectivity index (χ1) is 13.7. The quantitative estimate of drug-likeness (QED) is 0.653. The van der Waals surface area contributed by atoms with Crippen LogP contribution in [-0.2, 0) is 16.1 Å². The van der Waals surface area contributed by atoms with E-state index in [1.165, 1.54) is 0 Å². The summed E-state index contributed by atoms with van der Waals surface area (Å²) in [6, 6.07) is 9.91. The first-order valence-electron chi connectivity index (χ1n) is 9.50. The van der Waals surface area contributed by atoms with Crippen LogP contribution in [0.15, 0.2) is 36.5 Å². The fraction of sp³-hybridized carbons (Fsp3) is 0.400. The monoisotopic (exact) mass is 380 g/mol. The molecule has 1 fully saturated rings. The number of hydrogen-bond acceptors (Lipinski definition) is 6. The Labute approximate surface area is 163 Å². The molecule has 0 aromatic carbocycles. The number of carbonyl (C=O) groups excluding carboxylic acids is 1. The van der Waals surface area contributed by atoms with Crippen LogP contribution >= 0.6 is 0 Å². The highest BCUT2D eigenvalue weighted by atomic mass is 16.5. The Morgan fingerprint density at radius 1 is 1.36 bits per heavy atom. The van der Waals surface area contributed by atoms with Gasteiger partial charge in [0.15, 0.2) is 11.5 Å². The predicted octanol–water partition coefficient (Wildman–Crippen LogP) is 2.32. The van der Waals surface area contributed by atoms with E-state index in [2.05, 4.69) is 20.5 Å². The molecule has 8 heteroatoms. The number of fused-ring (bicyclic) bond motifs is 1. The predicted molar refractivity (Wildman–Crippen MR) is 106 cm³/mol. The molecule has 0 spiro atoms. The highest BCUT2D eigenvalue weighted by Crippen LogP contribution is 2.29. The number of nitrogens with zero attached hydrogens (tertiary/aromatic N) is 4. The highest BCUT2D eigenvalue weighted by molar-refractivity contribution is 5.87. The summed E-state index contributed by atoms with van der Waals surface area (Å²) >= 11 is 0. The maximum atomic E-state index is 12.2. The molecule has 2 N–H and O–H groups in total. The zero-order valence-corrected chi connectivity index (χ0v) is 15.9. The molecule has 1 aliphatic heterocycles. The molecule has 0 radical (unpaired) electrons. The molecule has 1 atom stereocenters. The topological polar surface area (TPSA) is 96.0 Å². The van der Waals surface area contributed by atoms with E-state index in [9.17, 15) is 4.79 Å². The number of carbonyl (C=O) groups is 1. The van der Waals surface area contributed by atoms with Gasteiger partial charge in [0, 0.05) is 38.0 Å². The number of hydrogen-bond donors (Lipinski definition) is 2. The van der Waals surface area contributed by atoms with Crippen LogP contribution in [0.1, 0.15) is 30.1 Å². The lowest BCUT2D eigenvalue weighted by atomic mass is 10.0. The second-order valence-electron chi connectivity index (χ2n) is 6.95. The zero-order chi connectivity index (χ0) is 19.3. The summed E-state index contributed by atoms with van der Waals surface area (Å²) in [6.07, 6.45) is 3.14. The minimum Gasteiger partial charge on any atom is -0.384 e. The molecule has 0 unspecified atom stereocenters. The van der Waals surface area contributed by atoms with Crippen molar-refractivity contribution >= 4 is 22.8 Å². The van der Waals surface area contributed by atoms with Gasteiger partial charge in [-0.05, 0) is 30.7 Å². The second kappa shape index (κ2) is 8.35. The third-order valence-electron chi connectivity index (χ3n) is 5.09. The molecule has 0 aliphatic carbocycles. The largest absolute Gasteiger partial charge is 0.384 e. The van der Waals surface area contributed by atoms with Crippen molar-refractivity contribution in [3.05, 3.63) is 47.9 Å². The number of methoxy groups -OCH3 is 1. The van der Waals surface area contributed by atoms with Crippen molar-refractivity contribution in [2.24, 2.45) is 0 Å². The van der Waals surface area contributed by atoms with Crippen LogP contribution in [-0.4, -0.2) is 57.8 Å². The number of ether oxygens (including phenoxy) is 1. The third-order valence-corrected chi connectivity index (χ3v) is 5.09. The molecule has 4 rings (SSSR count). The van der Waals surface area contributed by atoms with Gasteiger partial charge in [0.1, 0.15) is 0 Å². The Kier molecular flexibility index (Phi) is 5.48. The van der Waals surface area contributed by atoms with Gasteiger partial charge < -0.3 is 15.0 Å².